The number of nitriles is 2. The molecular formula is C31H21N3OS. The summed E-state index contributed by atoms with van der Waals surface area (Å²) in [5.41, 5.74) is 8.98. The van der Waals surface area contributed by atoms with Gasteiger partial charge in [0, 0.05) is 11.8 Å². The normalized spacial score (nSPS) is 11.4. The molecule has 0 fully saturated rings. The number of thiazole rings is 1. The molecule has 172 valence electrons. The maximum atomic E-state index is 9.94. The first-order valence-corrected chi connectivity index (χ1v) is 12.3. The third-order valence-electron chi connectivity index (χ3n) is 5.98. The van der Waals surface area contributed by atoms with E-state index in [1.807, 2.05) is 60.8 Å². The highest BCUT2D eigenvalue weighted by Gasteiger charge is 2.20. The van der Waals surface area contributed by atoms with Crippen molar-refractivity contribution in [1.29, 1.82) is 10.5 Å². The van der Waals surface area contributed by atoms with Crippen LogP contribution in [-0.4, -0.2) is 4.98 Å². The van der Waals surface area contributed by atoms with Crippen LogP contribution < -0.4 is 0 Å². The fraction of sp³-hybridized carbons (Fsp3) is 0.0645. The molecule has 0 spiro atoms. The summed E-state index contributed by atoms with van der Waals surface area (Å²) in [7, 11) is 0. The van der Waals surface area contributed by atoms with E-state index in [0.717, 1.165) is 38.3 Å². The second-order valence-electron chi connectivity index (χ2n) is 8.23. The van der Waals surface area contributed by atoms with E-state index in [1.165, 1.54) is 11.3 Å². The van der Waals surface area contributed by atoms with Gasteiger partial charge in [-0.15, -0.1) is 11.3 Å². The number of rotatable bonds is 7. The van der Waals surface area contributed by atoms with Crippen molar-refractivity contribution in [2.45, 2.75) is 12.7 Å². The molecule has 1 atom stereocenters. The Morgan fingerprint density at radius 3 is 2.22 bits per heavy atom. The van der Waals surface area contributed by atoms with Gasteiger partial charge < -0.3 is 4.74 Å². The molecule has 1 heterocycles. The van der Waals surface area contributed by atoms with Gasteiger partial charge in [0.1, 0.15) is 6.10 Å². The van der Waals surface area contributed by atoms with Crippen LogP contribution in [0.3, 0.4) is 0 Å². The number of nitrogens with zero attached hydrogens (tertiary/aromatic N) is 3. The fourth-order valence-electron chi connectivity index (χ4n) is 4.19. The van der Waals surface area contributed by atoms with Crippen molar-refractivity contribution in [3.63, 3.8) is 0 Å². The van der Waals surface area contributed by atoms with Gasteiger partial charge in [0.15, 0.2) is 0 Å². The molecule has 1 aromatic heterocycles. The number of hydrogen-bond acceptors (Lipinski definition) is 5. The summed E-state index contributed by atoms with van der Waals surface area (Å²) >= 11 is 1.53. The molecule has 0 bridgehead atoms. The molecule has 5 heteroatoms. The molecule has 0 N–H and O–H groups in total. The molecule has 0 radical (unpaired) electrons. The van der Waals surface area contributed by atoms with E-state index in [-0.39, 0.29) is 6.10 Å². The van der Waals surface area contributed by atoms with E-state index < -0.39 is 0 Å². The van der Waals surface area contributed by atoms with Crippen LogP contribution in [0.15, 0.2) is 109 Å². The van der Waals surface area contributed by atoms with E-state index in [0.29, 0.717) is 17.7 Å². The third-order valence-corrected chi connectivity index (χ3v) is 6.80. The Kier molecular flexibility index (Phi) is 6.96. The predicted octanol–water partition coefficient (Wildman–Crippen LogP) is 7.53. The molecule has 1 unspecified atom stereocenters. The second-order valence-corrected chi connectivity index (χ2v) is 9.15. The number of ether oxygens (including phenoxy) is 1. The first kappa shape index (κ1) is 23.2. The molecule has 4 aromatic carbocycles. The minimum Gasteiger partial charge on any atom is -0.363 e. The van der Waals surface area contributed by atoms with Gasteiger partial charge in [-0.3, -0.25) is 4.98 Å². The van der Waals surface area contributed by atoms with Crippen LogP contribution in [0.2, 0.25) is 0 Å². The highest BCUT2D eigenvalue weighted by molar-refractivity contribution is 7.09. The zero-order chi connectivity index (χ0) is 24.7. The fourth-order valence-corrected chi connectivity index (χ4v) is 4.88. The summed E-state index contributed by atoms with van der Waals surface area (Å²) in [5, 5.41) is 19.0. The molecule has 0 saturated carbocycles. The van der Waals surface area contributed by atoms with Crippen molar-refractivity contribution >= 4 is 11.3 Å². The van der Waals surface area contributed by atoms with Crippen LogP contribution in [0.4, 0.5) is 0 Å². The van der Waals surface area contributed by atoms with Gasteiger partial charge in [-0.1, -0.05) is 72.8 Å². The summed E-state index contributed by atoms with van der Waals surface area (Å²) in [6.07, 6.45) is 1.48. The largest absolute Gasteiger partial charge is 0.363 e. The average Bonchev–Trinajstić information content (AvgIpc) is 3.49. The van der Waals surface area contributed by atoms with Gasteiger partial charge in [0.25, 0.3) is 0 Å². The number of aromatic nitrogens is 1. The van der Waals surface area contributed by atoms with E-state index in [9.17, 15) is 5.26 Å². The lowest BCUT2D eigenvalue weighted by Crippen LogP contribution is -2.06. The zero-order valence-electron chi connectivity index (χ0n) is 19.3. The first-order valence-electron chi connectivity index (χ1n) is 11.4. The van der Waals surface area contributed by atoms with Crippen molar-refractivity contribution in [2.75, 3.05) is 0 Å². The Morgan fingerprint density at radius 2 is 1.53 bits per heavy atom. The Hall–Kier alpha value is -4.55. The van der Waals surface area contributed by atoms with Crippen molar-refractivity contribution in [2.24, 2.45) is 0 Å². The summed E-state index contributed by atoms with van der Waals surface area (Å²) in [6.45, 7) is 0.379. The van der Waals surface area contributed by atoms with Gasteiger partial charge in [-0.25, -0.2) is 0 Å². The molecule has 5 rings (SSSR count). The molecule has 0 amide bonds. The zero-order valence-corrected chi connectivity index (χ0v) is 20.2. The minimum atomic E-state index is -0.344. The Labute approximate surface area is 214 Å². The summed E-state index contributed by atoms with van der Waals surface area (Å²) in [4.78, 5) is 5.25. The maximum Gasteiger partial charge on any atom is 0.119 e. The maximum absolute atomic E-state index is 9.94. The smallest absolute Gasteiger partial charge is 0.119 e. The van der Waals surface area contributed by atoms with E-state index in [2.05, 4.69) is 47.5 Å². The highest BCUT2D eigenvalue weighted by atomic mass is 32.1. The molecule has 0 aliphatic heterocycles. The molecule has 0 saturated heterocycles. The topological polar surface area (TPSA) is 69.7 Å². The minimum absolute atomic E-state index is 0.344. The summed E-state index contributed by atoms with van der Waals surface area (Å²) in [6, 6.07) is 36.1. The van der Waals surface area contributed by atoms with E-state index >= 15 is 0 Å². The molecular weight excluding hydrogens is 462 g/mol. The first-order chi connectivity index (χ1) is 17.8. The highest BCUT2D eigenvalue weighted by Crippen LogP contribution is 2.37. The number of hydrogen-bond donors (Lipinski definition) is 0. The lowest BCUT2D eigenvalue weighted by molar-refractivity contribution is 0.0689. The average molecular weight is 484 g/mol. The third kappa shape index (κ3) is 4.94. The van der Waals surface area contributed by atoms with Crippen molar-refractivity contribution in [3.05, 3.63) is 136 Å². The van der Waals surface area contributed by atoms with Gasteiger partial charge in [0.2, 0.25) is 0 Å². The van der Waals surface area contributed by atoms with Crippen molar-refractivity contribution in [1.82, 2.24) is 4.98 Å². The summed E-state index contributed by atoms with van der Waals surface area (Å²) in [5.74, 6) is 0. The second kappa shape index (κ2) is 10.8. The molecule has 0 aliphatic carbocycles. The monoisotopic (exact) mass is 483 g/mol. The number of benzene rings is 4. The van der Waals surface area contributed by atoms with Crippen molar-refractivity contribution in [3.8, 4) is 34.4 Å². The van der Waals surface area contributed by atoms with Crippen LogP contribution in [0, 0.1) is 22.7 Å². The van der Waals surface area contributed by atoms with Gasteiger partial charge in [-0.05, 0) is 52.1 Å². The quantitative estimate of drug-likeness (QED) is 0.240. The Bertz CT molecular complexity index is 1550. The standard InChI is InChI=1S/C31H21N3OS/c32-17-22-10-12-23(13-11-22)20-35-31(30-19-34-21-36-30)25-14-15-26(18-33)29(16-25)28-9-5-4-8-27(28)24-6-2-1-3-7-24/h1-16,19,21,31H,20H2. The van der Waals surface area contributed by atoms with Crippen LogP contribution in [0.25, 0.3) is 22.3 Å². The molecule has 5 aromatic rings. The molecule has 0 aliphatic rings. The summed E-state index contributed by atoms with van der Waals surface area (Å²) < 4.78 is 6.42. The van der Waals surface area contributed by atoms with Crippen LogP contribution >= 0.6 is 11.3 Å². The lowest BCUT2D eigenvalue weighted by atomic mass is 9.90. The lowest BCUT2D eigenvalue weighted by Gasteiger charge is -2.19. The van der Waals surface area contributed by atoms with E-state index in [1.54, 1.807) is 17.6 Å². The van der Waals surface area contributed by atoms with Gasteiger partial charge in [0.05, 0.1) is 40.3 Å². The van der Waals surface area contributed by atoms with Crippen LogP contribution in [0.5, 0.6) is 0 Å². The predicted molar refractivity (Wildman–Crippen MR) is 142 cm³/mol. The van der Waals surface area contributed by atoms with Crippen molar-refractivity contribution < 1.29 is 4.74 Å². The SMILES string of the molecule is N#Cc1ccc(COC(c2ccc(C#N)c(-c3ccccc3-c3ccccc3)c2)c2cncs2)cc1. The van der Waals surface area contributed by atoms with Gasteiger partial charge >= 0.3 is 0 Å². The van der Waals surface area contributed by atoms with Crippen LogP contribution in [0.1, 0.15) is 33.2 Å². The Morgan fingerprint density at radius 1 is 0.778 bits per heavy atom. The molecule has 36 heavy (non-hydrogen) atoms. The van der Waals surface area contributed by atoms with Gasteiger partial charge in [-0.2, -0.15) is 10.5 Å². The van der Waals surface area contributed by atoms with E-state index in [4.69, 9.17) is 10.00 Å². The Balaban J connectivity index is 1.55. The molecule has 4 nitrogen and oxygen atoms in total. The van der Waals surface area contributed by atoms with Crippen LogP contribution in [-0.2, 0) is 11.3 Å².